The van der Waals surface area contributed by atoms with Crippen molar-refractivity contribution < 1.29 is 4.79 Å². The maximum absolute atomic E-state index is 11.8. The number of nitrogens with zero attached hydrogens (tertiary/aromatic N) is 4. The van der Waals surface area contributed by atoms with E-state index >= 15 is 0 Å². The zero-order valence-corrected chi connectivity index (χ0v) is 14.6. The molecular weight excluding hydrogens is 337 g/mol. The Kier molecular flexibility index (Phi) is 6.24. The first-order valence-electron chi connectivity index (χ1n) is 7.43. The fraction of sp³-hybridized carbons (Fsp3) is 0.467. The molecule has 0 aromatic carbocycles. The van der Waals surface area contributed by atoms with Crippen molar-refractivity contribution >= 4 is 35.6 Å². The van der Waals surface area contributed by atoms with Crippen LogP contribution in [0.25, 0.3) is 5.65 Å². The minimum absolute atomic E-state index is 0. The van der Waals surface area contributed by atoms with Gasteiger partial charge in [-0.2, -0.15) is 0 Å². The lowest BCUT2D eigenvalue weighted by atomic mass is 10.3. The van der Waals surface area contributed by atoms with E-state index < -0.39 is 0 Å². The van der Waals surface area contributed by atoms with Crippen molar-refractivity contribution in [1.82, 2.24) is 24.5 Å². The molecule has 0 saturated carbocycles. The van der Waals surface area contributed by atoms with Gasteiger partial charge >= 0.3 is 0 Å². The molecule has 0 aliphatic carbocycles. The van der Waals surface area contributed by atoms with E-state index in [1.165, 1.54) is 0 Å². The van der Waals surface area contributed by atoms with Crippen molar-refractivity contribution in [2.45, 2.75) is 6.54 Å². The van der Waals surface area contributed by atoms with Crippen molar-refractivity contribution in [2.75, 3.05) is 39.8 Å². The Morgan fingerprint density at radius 3 is 2.70 bits per heavy atom. The van der Waals surface area contributed by atoms with Crippen molar-refractivity contribution in [3.05, 3.63) is 35.2 Å². The number of hydrogen-bond acceptors (Lipinski definition) is 4. The van der Waals surface area contributed by atoms with Crippen LogP contribution in [0.4, 0.5) is 0 Å². The number of pyridine rings is 1. The van der Waals surface area contributed by atoms with E-state index in [1.54, 1.807) is 7.05 Å². The Morgan fingerprint density at radius 1 is 1.26 bits per heavy atom. The van der Waals surface area contributed by atoms with Gasteiger partial charge in [-0.25, -0.2) is 4.98 Å². The normalized spacial score (nSPS) is 15.7. The molecule has 3 rings (SSSR count). The minimum Gasteiger partial charge on any atom is -0.339 e. The SMILES string of the molecule is CNCC(=O)N1CCN(Cc2cn3cc(Cl)ccc3n2)CC1.Cl. The summed E-state index contributed by atoms with van der Waals surface area (Å²) in [6.07, 6.45) is 3.88. The van der Waals surface area contributed by atoms with Gasteiger partial charge in [0.25, 0.3) is 0 Å². The number of hydrogen-bond donors (Lipinski definition) is 1. The topological polar surface area (TPSA) is 52.9 Å². The molecule has 1 saturated heterocycles. The average molecular weight is 358 g/mol. The predicted molar refractivity (Wildman–Crippen MR) is 93.2 cm³/mol. The number of carbonyl (C=O) groups excluding carboxylic acids is 1. The van der Waals surface area contributed by atoms with Gasteiger partial charge in [0, 0.05) is 45.1 Å². The summed E-state index contributed by atoms with van der Waals surface area (Å²) in [6, 6.07) is 3.76. The molecule has 6 nitrogen and oxygen atoms in total. The summed E-state index contributed by atoms with van der Waals surface area (Å²) >= 11 is 5.99. The third kappa shape index (κ3) is 4.35. The minimum atomic E-state index is 0. The number of rotatable bonds is 4. The molecule has 0 radical (unpaired) electrons. The van der Waals surface area contributed by atoms with Crippen molar-refractivity contribution in [3.63, 3.8) is 0 Å². The first-order valence-corrected chi connectivity index (χ1v) is 7.81. The molecule has 0 bridgehead atoms. The van der Waals surface area contributed by atoms with E-state index in [-0.39, 0.29) is 18.3 Å². The Bertz CT molecular complexity index is 667. The lowest BCUT2D eigenvalue weighted by Gasteiger charge is -2.34. The molecule has 8 heteroatoms. The largest absolute Gasteiger partial charge is 0.339 e. The number of amides is 1. The van der Waals surface area contributed by atoms with E-state index in [2.05, 4.69) is 15.2 Å². The van der Waals surface area contributed by atoms with Crippen LogP contribution in [0.5, 0.6) is 0 Å². The Labute approximate surface area is 146 Å². The number of nitrogens with one attached hydrogen (secondary N) is 1. The maximum atomic E-state index is 11.8. The van der Waals surface area contributed by atoms with Crippen LogP contribution < -0.4 is 5.32 Å². The first kappa shape index (κ1) is 18.0. The van der Waals surface area contributed by atoms with Gasteiger partial charge in [0.2, 0.25) is 5.91 Å². The van der Waals surface area contributed by atoms with Gasteiger partial charge in [-0.15, -0.1) is 12.4 Å². The molecule has 1 fully saturated rings. The fourth-order valence-electron chi connectivity index (χ4n) is 2.74. The fourth-order valence-corrected chi connectivity index (χ4v) is 2.91. The van der Waals surface area contributed by atoms with Crippen LogP contribution in [-0.2, 0) is 11.3 Å². The van der Waals surface area contributed by atoms with Gasteiger partial charge in [-0.1, -0.05) is 11.6 Å². The Balaban J connectivity index is 0.00000192. The zero-order chi connectivity index (χ0) is 15.5. The highest BCUT2D eigenvalue weighted by molar-refractivity contribution is 6.30. The van der Waals surface area contributed by atoms with Gasteiger partial charge in [0.15, 0.2) is 0 Å². The summed E-state index contributed by atoms with van der Waals surface area (Å²) in [5.74, 6) is 0.171. The number of carbonyl (C=O) groups is 1. The summed E-state index contributed by atoms with van der Waals surface area (Å²) < 4.78 is 1.95. The highest BCUT2D eigenvalue weighted by Gasteiger charge is 2.21. The average Bonchev–Trinajstić information content (AvgIpc) is 2.89. The summed E-state index contributed by atoms with van der Waals surface area (Å²) in [4.78, 5) is 20.7. The molecule has 2 aromatic heterocycles. The lowest BCUT2D eigenvalue weighted by molar-refractivity contribution is -0.131. The third-order valence-electron chi connectivity index (χ3n) is 3.90. The molecular formula is C15H21Cl2N5O. The van der Waals surface area contributed by atoms with Gasteiger partial charge in [0.05, 0.1) is 17.3 Å². The Hall–Kier alpha value is -1.34. The van der Waals surface area contributed by atoms with Crippen LogP contribution in [0.2, 0.25) is 5.02 Å². The number of likely N-dealkylation sites (N-methyl/N-ethyl adjacent to an activating group) is 1. The van der Waals surface area contributed by atoms with E-state index in [0.29, 0.717) is 11.6 Å². The molecule has 1 amide bonds. The molecule has 1 N–H and O–H groups in total. The molecule has 23 heavy (non-hydrogen) atoms. The van der Waals surface area contributed by atoms with Crippen molar-refractivity contribution in [2.24, 2.45) is 0 Å². The van der Waals surface area contributed by atoms with E-state index in [0.717, 1.165) is 44.1 Å². The van der Waals surface area contributed by atoms with E-state index in [1.807, 2.05) is 33.8 Å². The molecule has 1 aliphatic rings. The quantitative estimate of drug-likeness (QED) is 0.895. The number of halogens is 2. The van der Waals surface area contributed by atoms with Crippen molar-refractivity contribution in [3.8, 4) is 0 Å². The van der Waals surface area contributed by atoms with Crippen LogP contribution >= 0.6 is 24.0 Å². The lowest BCUT2D eigenvalue weighted by Crippen LogP contribution is -2.50. The number of fused-ring (bicyclic) bond motifs is 1. The second kappa shape index (κ2) is 7.97. The van der Waals surface area contributed by atoms with Gasteiger partial charge in [0.1, 0.15) is 5.65 Å². The molecule has 2 aromatic rings. The summed E-state index contributed by atoms with van der Waals surface area (Å²) in [7, 11) is 1.80. The van der Waals surface area contributed by atoms with Crippen molar-refractivity contribution in [1.29, 1.82) is 0 Å². The molecule has 0 atom stereocenters. The van der Waals surface area contributed by atoms with Crippen LogP contribution in [0.15, 0.2) is 24.5 Å². The summed E-state index contributed by atoms with van der Waals surface area (Å²) in [6.45, 7) is 4.52. The van der Waals surface area contributed by atoms with Crippen LogP contribution in [0.1, 0.15) is 5.69 Å². The first-order chi connectivity index (χ1) is 10.7. The highest BCUT2D eigenvalue weighted by Crippen LogP contribution is 2.13. The molecule has 0 unspecified atom stereocenters. The molecule has 126 valence electrons. The number of aromatic nitrogens is 2. The van der Waals surface area contributed by atoms with Gasteiger partial charge in [-0.3, -0.25) is 9.69 Å². The van der Waals surface area contributed by atoms with Crippen LogP contribution in [-0.4, -0.2) is 64.9 Å². The van der Waals surface area contributed by atoms with Gasteiger partial charge in [-0.05, 0) is 19.2 Å². The smallest absolute Gasteiger partial charge is 0.236 e. The van der Waals surface area contributed by atoms with Crippen LogP contribution in [0, 0.1) is 0 Å². The standard InChI is InChI=1S/C15H20ClN5O.ClH/c1-17-8-15(22)20-6-4-19(5-7-20)10-13-11-21-9-12(16)2-3-14(21)18-13;/h2-3,9,11,17H,4-8,10H2,1H3;1H. The summed E-state index contributed by atoms with van der Waals surface area (Å²) in [5, 5.41) is 3.61. The summed E-state index contributed by atoms with van der Waals surface area (Å²) in [5.41, 5.74) is 1.93. The Morgan fingerprint density at radius 2 is 2.00 bits per heavy atom. The zero-order valence-electron chi connectivity index (χ0n) is 13.0. The van der Waals surface area contributed by atoms with E-state index in [9.17, 15) is 4.79 Å². The maximum Gasteiger partial charge on any atom is 0.236 e. The van der Waals surface area contributed by atoms with Crippen LogP contribution in [0.3, 0.4) is 0 Å². The predicted octanol–water partition coefficient (Wildman–Crippen LogP) is 1.27. The molecule has 3 heterocycles. The molecule has 0 spiro atoms. The number of imidazole rings is 1. The second-order valence-corrected chi connectivity index (χ2v) is 5.97. The third-order valence-corrected chi connectivity index (χ3v) is 4.13. The number of piperazine rings is 1. The monoisotopic (exact) mass is 357 g/mol. The highest BCUT2D eigenvalue weighted by atomic mass is 35.5. The van der Waals surface area contributed by atoms with E-state index in [4.69, 9.17) is 11.6 Å². The van der Waals surface area contributed by atoms with Gasteiger partial charge < -0.3 is 14.6 Å². The second-order valence-electron chi connectivity index (χ2n) is 5.53. The molecule has 1 aliphatic heterocycles.